The molecular formula is C14H11F2IN2O. The van der Waals surface area contributed by atoms with E-state index in [0.717, 1.165) is 15.2 Å². The molecule has 2 aromatic carbocycles. The third-order valence-electron chi connectivity index (χ3n) is 2.80. The van der Waals surface area contributed by atoms with Crippen LogP contribution in [-0.2, 0) is 0 Å². The van der Waals surface area contributed by atoms with Crippen LogP contribution in [0.2, 0.25) is 0 Å². The van der Waals surface area contributed by atoms with Crippen LogP contribution in [0.15, 0.2) is 30.3 Å². The van der Waals surface area contributed by atoms with E-state index >= 15 is 0 Å². The number of carbonyl (C=O) groups is 1. The number of nitrogen functional groups attached to an aromatic ring is 1. The van der Waals surface area contributed by atoms with E-state index in [1.165, 1.54) is 6.07 Å². The minimum atomic E-state index is -1.17. The monoisotopic (exact) mass is 388 g/mol. The van der Waals surface area contributed by atoms with Gasteiger partial charge in [-0.2, -0.15) is 0 Å². The Hall–Kier alpha value is -1.70. The molecule has 0 saturated carbocycles. The van der Waals surface area contributed by atoms with Crippen LogP contribution in [0.5, 0.6) is 0 Å². The zero-order valence-electron chi connectivity index (χ0n) is 10.5. The molecule has 0 heterocycles. The Balaban J connectivity index is 2.38. The lowest BCUT2D eigenvalue weighted by molar-refractivity contribution is 0.102. The molecule has 104 valence electrons. The minimum absolute atomic E-state index is 0.0279. The van der Waals surface area contributed by atoms with Crippen molar-refractivity contribution in [1.29, 1.82) is 0 Å². The van der Waals surface area contributed by atoms with Gasteiger partial charge in [0, 0.05) is 3.57 Å². The van der Waals surface area contributed by atoms with Gasteiger partial charge in [-0.15, -0.1) is 0 Å². The molecule has 0 saturated heterocycles. The minimum Gasteiger partial charge on any atom is -0.397 e. The van der Waals surface area contributed by atoms with Crippen LogP contribution in [0.1, 0.15) is 15.9 Å². The summed E-state index contributed by atoms with van der Waals surface area (Å²) in [5.74, 6) is -2.76. The zero-order chi connectivity index (χ0) is 14.9. The van der Waals surface area contributed by atoms with E-state index in [0.29, 0.717) is 5.56 Å². The second kappa shape index (κ2) is 5.74. The number of amides is 1. The number of hydrogen-bond acceptors (Lipinski definition) is 2. The molecule has 1 amide bonds. The number of nitrogens with two attached hydrogens (primary N) is 1. The summed E-state index contributed by atoms with van der Waals surface area (Å²) in [6.45, 7) is 1.86. The lowest BCUT2D eigenvalue weighted by Gasteiger charge is -2.11. The first-order valence-electron chi connectivity index (χ1n) is 5.71. The second-order valence-corrected chi connectivity index (χ2v) is 5.29. The second-order valence-electron chi connectivity index (χ2n) is 4.22. The Labute approximate surface area is 128 Å². The molecule has 2 rings (SSSR count). The van der Waals surface area contributed by atoms with Gasteiger partial charge in [-0.1, -0.05) is 12.1 Å². The number of rotatable bonds is 2. The highest BCUT2D eigenvalue weighted by Crippen LogP contribution is 2.26. The SMILES string of the molecule is Cc1cccc(C(=O)Nc2c(N)ccc(F)c2F)c1I. The molecule has 0 atom stereocenters. The highest BCUT2D eigenvalue weighted by molar-refractivity contribution is 14.1. The number of benzene rings is 2. The van der Waals surface area contributed by atoms with Crippen molar-refractivity contribution >= 4 is 39.9 Å². The Morgan fingerprint density at radius 2 is 1.95 bits per heavy atom. The summed E-state index contributed by atoms with van der Waals surface area (Å²) in [6.07, 6.45) is 0. The summed E-state index contributed by atoms with van der Waals surface area (Å²) in [4.78, 5) is 12.1. The number of halogens is 3. The largest absolute Gasteiger partial charge is 0.397 e. The lowest BCUT2D eigenvalue weighted by Crippen LogP contribution is -2.16. The van der Waals surface area contributed by atoms with Gasteiger partial charge in [-0.05, 0) is 53.3 Å². The lowest BCUT2D eigenvalue weighted by atomic mass is 10.1. The van der Waals surface area contributed by atoms with Crippen LogP contribution in [-0.4, -0.2) is 5.91 Å². The molecule has 0 radical (unpaired) electrons. The van der Waals surface area contributed by atoms with Crippen LogP contribution >= 0.6 is 22.6 Å². The first kappa shape index (κ1) is 14.7. The van der Waals surface area contributed by atoms with Crippen molar-refractivity contribution in [2.24, 2.45) is 0 Å². The van der Waals surface area contributed by atoms with Gasteiger partial charge in [0.1, 0.15) is 5.69 Å². The van der Waals surface area contributed by atoms with Crippen molar-refractivity contribution in [3.63, 3.8) is 0 Å². The molecule has 2 aromatic rings. The fraction of sp³-hybridized carbons (Fsp3) is 0.0714. The average Bonchev–Trinajstić information content (AvgIpc) is 2.42. The topological polar surface area (TPSA) is 55.1 Å². The van der Waals surface area contributed by atoms with Crippen LogP contribution in [0.3, 0.4) is 0 Å². The van der Waals surface area contributed by atoms with Crippen LogP contribution in [0.25, 0.3) is 0 Å². The van der Waals surface area contributed by atoms with Gasteiger partial charge in [-0.3, -0.25) is 4.79 Å². The predicted octanol–water partition coefficient (Wildman–Crippen LogP) is 3.71. The molecule has 20 heavy (non-hydrogen) atoms. The van der Waals surface area contributed by atoms with Crippen molar-refractivity contribution in [2.45, 2.75) is 6.92 Å². The quantitative estimate of drug-likeness (QED) is 0.609. The van der Waals surface area contributed by atoms with Crippen LogP contribution < -0.4 is 11.1 Å². The fourth-order valence-electron chi connectivity index (χ4n) is 1.70. The van der Waals surface area contributed by atoms with Crippen molar-refractivity contribution in [3.05, 3.63) is 56.7 Å². The number of carbonyl (C=O) groups excluding carboxylic acids is 1. The Kier molecular flexibility index (Phi) is 4.22. The highest BCUT2D eigenvalue weighted by atomic mass is 127. The number of aryl methyl sites for hydroxylation is 1. The van der Waals surface area contributed by atoms with E-state index in [1.54, 1.807) is 12.1 Å². The summed E-state index contributed by atoms with van der Waals surface area (Å²) >= 11 is 2.03. The van der Waals surface area contributed by atoms with E-state index in [1.807, 2.05) is 35.6 Å². The van der Waals surface area contributed by atoms with Gasteiger partial charge in [0.05, 0.1) is 11.3 Å². The molecule has 0 aliphatic carbocycles. The molecule has 0 fully saturated rings. The van der Waals surface area contributed by atoms with Crippen molar-refractivity contribution in [2.75, 3.05) is 11.1 Å². The van der Waals surface area contributed by atoms with Crippen molar-refractivity contribution in [1.82, 2.24) is 0 Å². The maximum atomic E-state index is 13.6. The average molecular weight is 388 g/mol. The van der Waals surface area contributed by atoms with Gasteiger partial charge in [-0.25, -0.2) is 8.78 Å². The van der Waals surface area contributed by atoms with E-state index < -0.39 is 17.5 Å². The molecule has 0 spiro atoms. The molecule has 3 N–H and O–H groups in total. The van der Waals surface area contributed by atoms with Gasteiger partial charge in [0.2, 0.25) is 0 Å². The maximum Gasteiger partial charge on any atom is 0.256 e. The number of nitrogens with one attached hydrogen (secondary N) is 1. The first-order chi connectivity index (χ1) is 9.41. The maximum absolute atomic E-state index is 13.6. The smallest absolute Gasteiger partial charge is 0.256 e. The van der Waals surface area contributed by atoms with Gasteiger partial charge < -0.3 is 11.1 Å². The molecule has 0 aliphatic rings. The normalized spacial score (nSPS) is 10.4. The van der Waals surface area contributed by atoms with E-state index in [2.05, 4.69) is 5.32 Å². The third kappa shape index (κ3) is 2.74. The fourth-order valence-corrected chi connectivity index (χ4v) is 2.30. The van der Waals surface area contributed by atoms with E-state index in [9.17, 15) is 13.6 Å². The molecular weight excluding hydrogens is 377 g/mol. The Bertz CT molecular complexity index is 689. The van der Waals surface area contributed by atoms with Crippen LogP contribution in [0, 0.1) is 22.1 Å². The van der Waals surface area contributed by atoms with Gasteiger partial charge >= 0.3 is 0 Å². The zero-order valence-corrected chi connectivity index (χ0v) is 12.7. The summed E-state index contributed by atoms with van der Waals surface area (Å²) < 4.78 is 27.6. The predicted molar refractivity (Wildman–Crippen MR) is 82.6 cm³/mol. The van der Waals surface area contributed by atoms with Gasteiger partial charge in [0.25, 0.3) is 5.91 Å². The molecule has 0 aliphatic heterocycles. The third-order valence-corrected chi connectivity index (χ3v) is 4.23. The summed E-state index contributed by atoms with van der Waals surface area (Å²) in [7, 11) is 0. The summed E-state index contributed by atoms with van der Waals surface area (Å²) in [5.41, 5.74) is 6.50. The van der Waals surface area contributed by atoms with Crippen LogP contribution in [0.4, 0.5) is 20.2 Å². The Morgan fingerprint density at radius 3 is 2.65 bits per heavy atom. The van der Waals surface area contributed by atoms with E-state index in [4.69, 9.17) is 5.73 Å². The van der Waals surface area contributed by atoms with Gasteiger partial charge in [0.15, 0.2) is 11.6 Å². The highest BCUT2D eigenvalue weighted by Gasteiger charge is 2.17. The summed E-state index contributed by atoms with van der Waals surface area (Å²) in [6, 6.07) is 7.30. The first-order valence-corrected chi connectivity index (χ1v) is 6.79. The molecule has 0 unspecified atom stereocenters. The molecule has 0 aromatic heterocycles. The number of anilines is 2. The molecule has 3 nitrogen and oxygen atoms in total. The number of hydrogen-bond donors (Lipinski definition) is 2. The van der Waals surface area contributed by atoms with Crippen molar-refractivity contribution in [3.8, 4) is 0 Å². The van der Waals surface area contributed by atoms with E-state index in [-0.39, 0.29) is 11.4 Å². The summed E-state index contributed by atoms with van der Waals surface area (Å²) in [5, 5.41) is 2.32. The molecule has 6 heteroatoms. The standard InChI is InChI=1S/C14H11F2IN2O/c1-7-3-2-4-8(12(7)17)14(20)19-13-10(18)6-5-9(15)11(13)16/h2-6H,18H2,1H3,(H,19,20). The van der Waals surface area contributed by atoms with Crippen molar-refractivity contribution < 1.29 is 13.6 Å². The Morgan fingerprint density at radius 1 is 1.25 bits per heavy atom. The molecule has 0 bridgehead atoms.